The summed E-state index contributed by atoms with van der Waals surface area (Å²) in [5.41, 5.74) is -2.52. The van der Waals surface area contributed by atoms with Crippen LogP contribution in [0, 0.1) is 5.92 Å². The lowest BCUT2D eigenvalue weighted by atomic mass is 9.89. The number of ether oxygens (including phenoxy) is 1. The van der Waals surface area contributed by atoms with Gasteiger partial charge in [0.25, 0.3) is 11.9 Å². The van der Waals surface area contributed by atoms with Crippen LogP contribution in [-0.2, 0) is 47.9 Å². The number of aryl methyl sites for hydroxylation is 1. The first kappa shape index (κ1) is 38.4. The predicted octanol–water partition coefficient (Wildman–Crippen LogP) is 6.98. The summed E-state index contributed by atoms with van der Waals surface area (Å²) >= 11 is 0. The second-order valence-electron chi connectivity index (χ2n) is 13.0. The van der Waals surface area contributed by atoms with Crippen LogP contribution in [0.5, 0.6) is 0 Å². The van der Waals surface area contributed by atoms with Crippen LogP contribution in [0.1, 0.15) is 79.0 Å². The lowest BCUT2D eigenvalue weighted by Crippen LogP contribution is -2.47. The van der Waals surface area contributed by atoms with Crippen LogP contribution in [0.2, 0.25) is 0 Å². The highest BCUT2D eigenvalue weighted by Gasteiger charge is 2.38. The van der Waals surface area contributed by atoms with Crippen molar-refractivity contribution in [1.82, 2.24) is 30.0 Å². The zero-order valence-corrected chi connectivity index (χ0v) is 28.6. The van der Waals surface area contributed by atoms with E-state index in [0.717, 1.165) is 4.80 Å². The van der Waals surface area contributed by atoms with Gasteiger partial charge in [-0.1, -0.05) is 31.1 Å². The zero-order valence-electron chi connectivity index (χ0n) is 28.6. The largest absolute Gasteiger partial charge is 0.416 e. The van der Waals surface area contributed by atoms with E-state index in [4.69, 9.17) is 4.74 Å². The SMILES string of the molecule is CCC(c1ccc(C(F)(F)CC)cc1CN(Cc1cc(C(F)(F)F)cc(C(F)(F)F)c1)c1nnn(C)n1)N1CCC(C(=O)N2CCOCC2)CC1. The fourth-order valence-electron chi connectivity index (χ4n) is 6.81. The van der Waals surface area contributed by atoms with Gasteiger partial charge in [0, 0.05) is 50.1 Å². The third-order valence-electron chi connectivity index (χ3n) is 9.56. The van der Waals surface area contributed by atoms with E-state index in [0.29, 0.717) is 81.9 Å². The number of likely N-dealkylation sites (tertiary alicyclic amines) is 1. The van der Waals surface area contributed by atoms with Crippen LogP contribution in [0.3, 0.4) is 0 Å². The second-order valence-corrected chi connectivity index (χ2v) is 13.0. The normalized spacial score (nSPS) is 17.5. The molecule has 3 heterocycles. The average Bonchev–Trinajstić information content (AvgIpc) is 3.54. The number of carbonyl (C=O) groups excluding carboxylic acids is 1. The van der Waals surface area contributed by atoms with Gasteiger partial charge in [-0.3, -0.25) is 9.69 Å². The van der Waals surface area contributed by atoms with Crippen molar-refractivity contribution >= 4 is 11.9 Å². The summed E-state index contributed by atoms with van der Waals surface area (Å²) in [7, 11) is 1.44. The van der Waals surface area contributed by atoms with Crippen molar-refractivity contribution < 1.29 is 44.7 Å². The summed E-state index contributed by atoms with van der Waals surface area (Å²) < 4.78 is 118. The number of alkyl halides is 8. The first-order valence-corrected chi connectivity index (χ1v) is 16.9. The minimum absolute atomic E-state index is 0.0480. The summed E-state index contributed by atoms with van der Waals surface area (Å²) in [6.45, 7) is 5.74. The standard InChI is InChI=1S/C34H41F8N7O2/c1-4-29(47-10-8-23(9-11-47)30(50)48-12-14-51-15-13-48)28-7-6-25(32(35,36)5-2)18-24(28)21-49(31-43-45-46(3)44-31)20-22-16-26(33(37,38)39)19-27(17-22)34(40,41)42/h6-7,16-19,23,29H,4-5,8-15,20-21H2,1-3H3. The van der Waals surface area contributed by atoms with Crippen molar-refractivity contribution in [2.45, 2.75) is 76.9 Å². The molecule has 0 radical (unpaired) electrons. The molecule has 2 fully saturated rings. The number of hydrogen-bond acceptors (Lipinski definition) is 7. The van der Waals surface area contributed by atoms with E-state index < -0.39 is 42.4 Å². The molecule has 1 aromatic heterocycles. The molecular weight excluding hydrogens is 690 g/mol. The van der Waals surface area contributed by atoms with Gasteiger partial charge in [-0.05, 0) is 78.5 Å². The monoisotopic (exact) mass is 731 g/mol. The Balaban J connectivity index is 1.50. The Bertz CT molecular complexity index is 1620. The molecule has 0 N–H and O–H groups in total. The van der Waals surface area contributed by atoms with Gasteiger partial charge in [0.1, 0.15) is 0 Å². The number of aromatic nitrogens is 4. The number of morpholine rings is 1. The number of piperidine rings is 1. The molecule has 2 aliphatic rings. The van der Waals surface area contributed by atoms with E-state index >= 15 is 8.78 Å². The number of benzene rings is 2. The Morgan fingerprint density at radius 3 is 2.04 bits per heavy atom. The summed E-state index contributed by atoms with van der Waals surface area (Å²) in [5.74, 6) is -3.38. The smallest absolute Gasteiger partial charge is 0.378 e. The number of tetrazole rings is 1. The Labute approximate surface area is 290 Å². The third kappa shape index (κ3) is 9.15. The van der Waals surface area contributed by atoms with Gasteiger partial charge in [0.05, 0.1) is 31.4 Å². The Hall–Kier alpha value is -3.86. The Morgan fingerprint density at radius 1 is 0.882 bits per heavy atom. The van der Waals surface area contributed by atoms with Crippen molar-refractivity contribution in [2.24, 2.45) is 13.0 Å². The van der Waals surface area contributed by atoms with Crippen molar-refractivity contribution in [3.63, 3.8) is 0 Å². The van der Waals surface area contributed by atoms with Crippen molar-refractivity contribution in [3.8, 4) is 0 Å². The van der Waals surface area contributed by atoms with E-state index in [9.17, 15) is 31.1 Å². The highest BCUT2D eigenvalue weighted by atomic mass is 19.4. The lowest BCUT2D eigenvalue weighted by molar-refractivity contribution is -0.143. The number of halogens is 8. The van der Waals surface area contributed by atoms with Crippen LogP contribution < -0.4 is 4.90 Å². The minimum Gasteiger partial charge on any atom is -0.378 e. The quantitative estimate of drug-likeness (QED) is 0.197. The first-order chi connectivity index (χ1) is 24.0. The molecule has 2 aliphatic heterocycles. The van der Waals surface area contributed by atoms with Crippen LogP contribution in [-0.4, -0.2) is 75.3 Å². The molecule has 2 saturated heterocycles. The molecule has 1 amide bonds. The van der Waals surface area contributed by atoms with Gasteiger partial charge in [-0.25, -0.2) is 8.78 Å². The highest BCUT2D eigenvalue weighted by Crippen LogP contribution is 2.39. The first-order valence-electron chi connectivity index (χ1n) is 16.9. The van der Waals surface area contributed by atoms with Crippen LogP contribution in [0.15, 0.2) is 36.4 Å². The summed E-state index contributed by atoms with van der Waals surface area (Å²) in [5, 5.41) is 11.9. The van der Waals surface area contributed by atoms with Gasteiger partial charge >= 0.3 is 12.4 Å². The maximum Gasteiger partial charge on any atom is 0.416 e. The molecule has 17 heteroatoms. The molecule has 1 unspecified atom stereocenters. The number of anilines is 1. The fraction of sp³-hybridized carbons (Fsp3) is 0.588. The number of nitrogens with zero attached hydrogens (tertiary/aromatic N) is 7. The molecule has 0 bridgehead atoms. The summed E-state index contributed by atoms with van der Waals surface area (Å²) in [6, 6.07) is 5.32. The van der Waals surface area contributed by atoms with Gasteiger partial charge in [0.2, 0.25) is 5.91 Å². The topological polar surface area (TPSA) is 79.6 Å². The predicted molar refractivity (Wildman–Crippen MR) is 170 cm³/mol. The van der Waals surface area contributed by atoms with Gasteiger partial charge < -0.3 is 14.5 Å². The highest BCUT2D eigenvalue weighted by molar-refractivity contribution is 5.79. The second kappa shape index (κ2) is 15.4. The molecule has 0 aliphatic carbocycles. The van der Waals surface area contributed by atoms with E-state index in [2.05, 4.69) is 20.3 Å². The van der Waals surface area contributed by atoms with Crippen LogP contribution >= 0.6 is 0 Å². The molecule has 9 nitrogen and oxygen atoms in total. The summed E-state index contributed by atoms with van der Waals surface area (Å²) in [6.07, 6.45) is -8.86. The fourth-order valence-corrected chi connectivity index (χ4v) is 6.81. The van der Waals surface area contributed by atoms with Crippen molar-refractivity contribution in [1.29, 1.82) is 0 Å². The van der Waals surface area contributed by atoms with E-state index in [1.807, 2.05) is 11.8 Å². The summed E-state index contributed by atoms with van der Waals surface area (Å²) in [4.78, 5) is 19.6. The molecular formula is C34H41F8N7O2. The van der Waals surface area contributed by atoms with Gasteiger partial charge in [-0.2, -0.15) is 31.1 Å². The molecule has 0 spiro atoms. The lowest BCUT2D eigenvalue weighted by Gasteiger charge is -2.40. The minimum atomic E-state index is -5.06. The molecule has 280 valence electrons. The number of rotatable bonds is 11. The molecule has 3 aromatic rings. The Morgan fingerprint density at radius 2 is 1.51 bits per heavy atom. The number of carbonyl (C=O) groups is 1. The maximum atomic E-state index is 15.1. The molecule has 5 rings (SSSR count). The molecule has 2 aromatic carbocycles. The molecule has 1 atom stereocenters. The third-order valence-corrected chi connectivity index (χ3v) is 9.56. The number of hydrogen-bond donors (Lipinski definition) is 0. The van der Waals surface area contributed by atoms with Crippen LogP contribution in [0.4, 0.5) is 41.1 Å². The van der Waals surface area contributed by atoms with E-state index in [1.165, 1.54) is 31.0 Å². The Kier molecular flexibility index (Phi) is 11.6. The van der Waals surface area contributed by atoms with Crippen LogP contribution in [0.25, 0.3) is 0 Å². The molecule has 0 saturated carbocycles. The van der Waals surface area contributed by atoms with Gasteiger partial charge in [0.15, 0.2) is 0 Å². The molecule has 51 heavy (non-hydrogen) atoms. The van der Waals surface area contributed by atoms with E-state index in [1.54, 1.807) is 6.07 Å². The number of amides is 1. The van der Waals surface area contributed by atoms with Crippen molar-refractivity contribution in [3.05, 3.63) is 69.8 Å². The van der Waals surface area contributed by atoms with Gasteiger partial charge in [-0.15, -0.1) is 5.10 Å². The average molecular weight is 732 g/mol. The zero-order chi connectivity index (χ0) is 37.1. The van der Waals surface area contributed by atoms with Crippen molar-refractivity contribution in [2.75, 3.05) is 44.3 Å². The maximum absolute atomic E-state index is 15.1. The van der Waals surface area contributed by atoms with E-state index in [-0.39, 0.29) is 47.6 Å².